The lowest BCUT2D eigenvalue weighted by molar-refractivity contribution is -0.121. The van der Waals surface area contributed by atoms with Crippen LogP contribution in [0, 0.1) is 5.92 Å². The molecule has 1 aliphatic carbocycles. The smallest absolute Gasteiger partial charge is 0.266 e. The summed E-state index contributed by atoms with van der Waals surface area (Å²) in [6, 6.07) is 7.98. The van der Waals surface area contributed by atoms with E-state index in [4.69, 9.17) is 4.52 Å². The molecule has 1 aliphatic heterocycles. The number of amides is 1. The summed E-state index contributed by atoms with van der Waals surface area (Å²) < 4.78 is 7.43. The predicted molar refractivity (Wildman–Crippen MR) is 109 cm³/mol. The van der Waals surface area contributed by atoms with Gasteiger partial charge in [0.25, 0.3) is 5.95 Å². The minimum atomic E-state index is 0.0792. The van der Waals surface area contributed by atoms with Crippen molar-refractivity contribution >= 4 is 22.9 Å². The van der Waals surface area contributed by atoms with Crippen molar-refractivity contribution in [3.63, 3.8) is 0 Å². The third kappa shape index (κ3) is 4.11. The van der Waals surface area contributed by atoms with E-state index in [2.05, 4.69) is 25.3 Å². The first kappa shape index (κ1) is 18.1. The van der Waals surface area contributed by atoms with Gasteiger partial charge in [0, 0.05) is 38.5 Å². The van der Waals surface area contributed by atoms with E-state index >= 15 is 0 Å². The molecule has 3 heterocycles. The highest BCUT2D eigenvalue weighted by molar-refractivity contribution is 5.77. The van der Waals surface area contributed by atoms with Crippen LogP contribution in [0.25, 0.3) is 11.0 Å². The molecule has 1 atom stereocenters. The van der Waals surface area contributed by atoms with Crippen molar-refractivity contribution in [2.45, 2.75) is 44.6 Å². The highest BCUT2D eigenvalue weighted by Gasteiger charge is 2.31. The van der Waals surface area contributed by atoms with Gasteiger partial charge in [0.1, 0.15) is 0 Å². The molecule has 29 heavy (non-hydrogen) atoms. The number of fused-ring (bicyclic) bond motifs is 1. The number of aryl methyl sites for hydroxylation is 1. The molecule has 1 aromatic carbocycles. The number of carbonyl (C=O) groups is 1. The lowest BCUT2D eigenvalue weighted by Crippen LogP contribution is -2.41. The van der Waals surface area contributed by atoms with Gasteiger partial charge in [0.2, 0.25) is 11.8 Å². The van der Waals surface area contributed by atoms with Crippen molar-refractivity contribution < 1.29 is 9.32 Å². The summed E-state index contributed by atoms with van der Waals surface area (Å²) in [5.74, 6) is 2.45. The highest BCUT2D eigenvalue weighted by atomic mass is 16.5. The quantitative estimate of drug-likeness (QED) is 0.663. The van der Waals surface area contributed by atoms with E-state index in [1.54, 1.807) is 6.33 Å². The van der Waals surface area contributed by atoms with Gasteiger partial charge in [0.05, 0.1) is 17.4 Å². The van der Waals surface area contributed by atoms with Crippen molar-refractivity contribution in [3.8, 4) is 0 Å². The van der Waals surface area contributed by atoms with Crippen molar-refractivity contribution in [2.75, 3.05) is 24.5 Å². The summed E-state index contributed by atoms with van der Waals surface area (Å²) in [5, 5.41) is 7.26. The molecule has 1 saturated carbocycles. The van der Waals surface area contributed by atoms with Crippen LogP contribution in [-0.4, -0.2) is 45.2 Å². The largest absolute Gasteiger partial charge is 0.356 e. The van der Waals surface area contributed by atoms with Crippen molar-refractivity contribution in [3.05, 3.63) is 36.5 Å². The predicted octanol–water partition coefficient (Wildman–Crippen LogP) is 2.72. The normalized spacial score (nSPS) is 19.6. The molecule has 152 valence electrons. The lowest BCUT2D eigenvalue weighted by Gasteiger charge is -2.31. The Kier molecular flexibility index (Phi) is 4.91. The second-order valence-corrected chi connectivity index (χ2v) is 8.14. The van der Waals surface area contributed by atoms with Gasteiger partial charge in [-0.1, -0.05) is 12.1 Å². The van der Waals surface area contributed by atoms with Crippen LogP contribution in [-0.2, 0) is 11.3 Å². The molecule has 0 radical (unpaired) electrons. The molecule has 1 saturated heterocycles. The first-order valence-corrected chi connectivity index (χ1v) is 10.5. The van der Waals surface area contributed by atoms with Gasteiger partial charge in [-0.15, -0.1) is 0 Å². The number of nitrogens with one attached hydrogen (secondary N) is 1. The van der Waals surface area contributed by atoms with Crippen LogP contribution < -0.4 is 10.2 Å². The molecule has 1 amide bonds. The van der Waals surface area contributed by atoms with Gasteiger partial charge in [-0.3, -0.25) is 4.79 Å². The minimum Gasteiger partial charge on any atom is -0.356 e. The van der Waals surface area contributed by atoms with Gasteiger partial charge < -0.3 is 19.3 Å². The SMILES string of the molecule is O=C(CCn1cnc2ccccc21)NCC1CCCN(c2noc(C3CC3)n2)C1. The first-order valence-electron chi connectivity index (χ1n) is 10.5. The fourth-order valence-corrected chi connectivity index (χ4v) is 4.02. The highest BCUT2D eigenvalue weighted by Crippen LogP contribution is 2.39. The Labute approximate surface area is 169 Å². The van der Waals surface area contributed by atoms with Gasteiger partial charge in [-0.05, 0) is 48.9 Å². The van der Waals surface area contributed by atoms with Crippen LogP contribution in [0.15, 0.2) is 35.1 Å². The third-order valence-corrected chi connectivity index (χ3v) is 5.85. The Bertz CT molecular complexity index is 992. The van der Waals surface area contributed by atoms with Crippen molar-refractivity contribution in [1.29, 1.82) is 0 Å². The van der Waals surface area contributed by atoms with Gasteiger partial charge in [0.15, 0.2) is 0 Å². The molecule has 2 aliphatic rings. The Balaban J connectivity index is 1.10. The molecular weight excluding hydrogens is 368 g/mol. The molecule has 2 fully saturated rings. The summed E-state index contributed by atoms with van der Waals surface area (Å²) >= 11 is 0. The molecule has 0 bridgehead atoms. The van der Waals surface area contributed by atoms with Crippen LogP contribution in [0.5, 0.6) is 0 Å². The Morgan fingerprint density at radius 3 is 3.03 bits per heavy atom. The number of piperidine rings is 1. The van der Waals surface area contributed by atoms with E-state index in [1.165, 1.54) is 0 Å². The molecule has 1 unspecified atom stereocenters. The Morgan fingerprint density at radius 1 is 1.24 bits per heavy atom. The molecule has 1 N–H and O–H groups in total. The standard InChI is InChI=1S/C21H26N6O2/c28-19(9-11-27-14-23-17-5-1-2-6-18(17)27)22-12-15-4-3-10-26(13-15)21-24-20(29-25-21)16-7-8-16/h1-2,5-6,14-16H,3-4,7-13H2,(H,22,28). The molecule has 3 aromatic rings. The molecule has 8 nitrogen and oxygen atoms in total. The summed E-state index contributed by atoms with van der Waals surface area (Å²) in [5.41, 5.74) is 2.02. The van der Waals surface area contributed by atoms with E-state index in [-0.39, 0.29) is 5.91 Å². The Morgan fingerprint density at radius 2 is 2.14 bits per heavy atom. The lowest BCUT2D eigenvalue weighted by atomic mass is 9.98. The molecule has 2 aromatic heterocycles. The summed E-state index contributed by atoms with van der Waals surface area (Å²) in [7, 11) is 0. The number of aromatic nitrogens is 4. The van der Waals surface area contributed by atoms with Crippen LogP contribution in [0.1, 0.15) is 43.9 Å². The molecule has 8 heteroatoms. The van der Waals surface area contributed by atoms with Gasteiger partial charge in [-0.25, -0.2) is 4.98 Å². The maximum atomic E-state index is 12.4. The third-order valence-electron chi connectivity index (χ3n) is 5.85. The molecule has 0 spiro atoms. The van der Waals surface area contributed by atoms with Crippen LogP contribution in [0.2, 0.25) is 0 Å². The van der Waals surface area contributed by atoms with E-state index in [9.17, 15) is 4.79 Å². The zero-order valence-corrected chi connectivity index (χ0v) is 16.5. The fourth-order valence-electron chi connectivity index (χ4n) is 4.02. The van der Waals surface area contributed by atoms with E-state index in [0.29, 0.717) is 37.3 Å². The topological polar surface area (TPSA) is 89.1 Å². The zero-order chi connectivity index (χ0) is 19.6. The van der Waals surface area contributed by atoms with E-state index in [1.807, 2.05) is 28.8 Å². The van der Waals surface area contributed by atoms with Crippen LogP contribution >= 0.6 is 0 Å². The zero-order valence-electron chi connectivity index (χ0n) is 16.5. The summed E-state index contributed by atoms with van der Waals surface area (Å²) in [6.07, 6.45) is 6.76. The average Bonchev–Trinajstić information content (AvgIpc) is 3.34. The number of nitrogens with zero attached hydrogens (tertiary/aromatic N) is 5. The number of anilines is 1. The summed E-state index contributed by atoms with van der Waals surface area (Å²) in [6.45, 7) is 3.13. The second-order valence-electron chi connectivity index (χ2n) is 8.14. The maximum absolute atomic E-state index is 12.4. The number of benzene rings is 1. The maximum Gasteiger partial charge on any atom is 0.266 e. The summed E-state index contributed by atoms with van der Waals surface area (Å²) in [4.78, 5) is 23.5. The number of rotatable bonds is 7. The number of para-hydroxylation sites is 2. The fraction of sp³-hybridized carbons (Fsp3) is 0.524. The van der Waals surface area contributed by atoms with Gasteiger partial charge in [-0.2, -0.15) is 4.98 Å². The Hall–Kier alpha value is -2.90. The monoisotopic (exact) mass is 394 g/mol. The van der Waals surface area contributed by atoms with Crippen LogP contribution in [0.3, 0.4) is 0 Å². The number of imidazole rings is 1. The molecular formula is C21H26N6O2. The van der Waals surface area contributed by atoms with Crippen molar-refractivity contribution in [1.82, 2.24) is 25.0 Å². The minimum absolute atomic E-state index is 0.0792. The number of hydrogen-bond acceptors (Lipinski definition) is 6. The number of hydrogen-bond donors (Lipinski definition) is 1. The molecule has 5 rings (SSSR count). The van der Waals surface area contributed by atoms with E-state index in [0.717, 1.165) is 55.7 Å². The van der Waals surface area contributed by atoms with Gasteiger partial charge >= 0.3 is 0 Å². The van der Waals surface area contributed by atoms with Crippen LogP contribution in [0.4, 0.5) is 5.95 Å². The van der Waals surface area contributed by atoms with E-state index < -0.39 is 0 Å². The first-order chi connectivity index (χ1) is 14.3. The number of carbonyl (C=O) groups excluding carboxylic acids is 1. The van der Waals surface area contributed by atoms with Crippen molar-refractivity contribution in [2.24, 2.45) is 5.92 Å². The average molecular weight is 394 g/mol. The second kappa shape index (κ2) is 7.85.